The van der Waals surface area contributed by atoms with Crippen molar-refractivity contribution in [3.63, 3.8) is 0 Å². The molecule has 6 heteroatoms. The molecule has 0 aliphatic carbocycles. The van der Waals surface area contributed by atoms with E-state index in [1.165, 1.54) is 0 Å². The van der Waals surface area contributed by atoms with Crippen LogP contribution in [0.3, 0.4) is 0 Å². The van der Waals surface area contributed by atoms with Gasteiger partial charge in [-0.1, -0.05) is 0 Å². The zero-order valence-electron chi connectivity index (χ0n) is 14.1. The Labute approximate surface area is 148 Å². The predicted molar refractivity (Wildman–Crippen MR) is 92.1 cm³/mol. The summed E-state index contributed by atoms with van der Waals surface area (Å²) < 4.78 is 32.0. The molecule has 0 N–H and O–H groups in total. The molecule has 0 amide bonds. The molecule has 0 radical (unpaired) electrons. The second-order valence-electron chi connectivity index (χ2n) is 5.92. The Bertz CT molecular complexity index is 1070. The highest BCUT2D eigenvalue weighted by Gasteiger charge is 2.16. The molecule has 0 bridgehead atoms. The molecule has 1 heterocycles. The van der Waals surface area contributed by atoms with Gasteiger partial charge in [0.05, 0.1) is 11.1 Å². The van der Waals surface area contributed by atoms with Gasteiger partial charge < -0.3 is 4.74 Å². The number of rotatable bonds is 4. The largest absolute Gasteiger partial charge is 0.468 e. The first-order valence-corrected chi connectivity index (χ1v) is 7.82. The molecule has 26 heavy (non-hydrogen) atoms. The lowest BCUT2D eigenvalue weighted by Gasteiger charge is -2.10. The van der Waals surface area contributed by atoms with Crippen molar-refractivity contribution in [1.82, 2.24) is 4.98 Å². The van der Waals surface area contributed by atoms with E-state index in [2.05, 4.69) is 4.98 Å². The van der Waals surface area contributed by atoms with Crippen LogP contribution in [0.15, 0.2) is 36.4 Å². The lowest BCUT2D eigenvalue weighted by atomic mass is 10.1. The van der Waals surface area contributed by atoms with Crippen LogP contribution in [-0.4, -0.2) is 17.4 Å². The molecular weight excluding hydrogens is 338 g/mol. The van der Waals surface area contributed by atoms with E-state index in [0.29, 0.717) is 11.6 Å². The Kier molecular flexibility index (Phi) is 4.63. The second-order valence-corrected chi connectivity index (χ2v) is 5.92. The number of aromatic nitrogens is 1. The number of hydrogen-bond acceptors (Lipinski definition) is 4. The number of nitrogens with zero attached hydrogens (tertiary/aromatic N) is 2. The molecule has 0 spiro atoms. The number of halogens is 2. The number of hydrogen-bond donors (Lipinski definition) is 0. The van der Waals surface area contributed by atoms with Crippen molar-refractivity contribution in [2.24, 2.45) is 0 Å². The van der Waals surface area contributed by atoms with Gasteiger partial charge in [0.25, 0.3) is 0 Å². The number of nitriles is 1. The average molecular weight is 352 g/mol. The fourth-order valence-electron chi connectivity index (χ4n) is 2.54. The van der Waals surface area contributed by atoms with Gasteiger partial charge in [-0.2, -0.15) is 5.26 Å². The summed E-state index contributed by atoms with van der Waals surface area (Å²) >= 11 is 0. The van der Waals surface area contributed by atoms with Crippen LogP contribution in [0.1, 0.15) is 27.0 Å². The van der Waals surface area contributed by atoms with E-state index in [1.807, 2.05) is 32.0 Å². The number of Topliss-reactive ketones (excluding diaryl/α,β-unsaturated/α-hetero) is 1. The summed E-state index contributed by atoms with van der Waals surface area (Å²) in [7, 11) is 0. The van der Waals surface area contributed by atoms with Crippen molar-refractivity contribution in [2.75, 3.05) is 6.61 Å². The number of ketones is 1. The first-order chi connectivity index (χ1) is 12.4. The first kappa shape index (κ1) is 17.5. The number of carbonyl (C=O) groups excluding carboxylic acids is 1. The fraction of sp³-hybridized carbons (Fsp3) is 0.150. The number of aryl methyl sites for hydroxylation is 2. The highest BCUT2D eigenvalue weighted by molar-refractivity contribution is 5.97. The van der Waals surface area contributed by atoms with Gasteiger partial charge in [0.2, 0.25) is 11.7 Å². The van der Waals surface area contributed by atoms with Crippen LogP contribution in [0.2, 0.25) is 0 Å². The molecule has 0 saturated carbocycles. The van der Waals surface area contributed by atoms with Crippen LogP contribution in [0, 0.1) is 36.8 Å². The number of carbonyl (C=O) groups is 1. The highest BCUT2D eigenvalue weighted by atomic mass is 19.1. The van der Waals surface area contributed by atoms with Crippen LogP contribution in [0.25, 0.3) is 10.9 Å². The molecule has 2 aromatic carbocycles. The van der Waals surface area contributed by atoms with Crippen LogP contribution >= 0.6 is 0 Å². The van der Waals surface area contributed by atoms with Crippen LogP contribution in [0.5, 0.6) is 5.88 Å². The predicted octanol–water partition coefficient (Wildman–Crippen LogP) is 4.26. The first-order valence-electron chi connectivity index (χ1n) is 7.82. The van der Waals surface area contributed by atoms with Crippen molar-refractivity contribution in [3.8, 4) is 11.9 Å². The molecule has 3 aromatic rings. The minimum Gasteiger partial charge on any atom is -0.468 e. The third-order valence-corrected chi connectivity index (χ3v) is 4.09. The van der Waals surface area contributed by atoms with E-state index < -0.39 is 24.0 Å². The van der Waals surface area contributed by atoms with Gasteiger partial charge >= 0.3 is 0 Å². The monoisotopic (exact) mass is 352 g/mol. The molecule has 0 atom stereocenters. The standard InChI is InChI=1S/C20H14F2N2O2/c1-11-5-13-7-14(9-23)20(24-18(13)6-12(11)2)26-10-19(25)16-4-3-15(21)8-17(16)22/h3-8H,10H2,1-2H3. The maximum absolute atomic E-state index is 13.7. The van der Waals surface area contributed by atoms with Crippen molar-refractivity contribution < 1.29 is 18.3 Å². The summed E-state index contributed by atoms with van der Waals surface area (Å²) in [5, 5.41) is 10.1. The van der Waals surface area contributed by atoms with Gasteiger partial charge in [0.15, 0.2) is 6.61 Å². The van der Waals surface area contributed by atoms with E-state index in [0.717, 1.165) is 28.6 Å². The van der Waals surface area contributed by atoms with Gasteiger partial charge in [0.1, 0.15) is 23.3 Å². The Balaban J connectivity index is 1.89. The number of benzene rings is 2. The molecule has 3 rings (SSSR count). The number of ether oxygens (including phenoxy) is 1. The molecule has 4 nitrogen and oxygen atoms in total. The van der Waals surface area contributed by atoms with Gasteiger partial charge in [-0.3, -0.25) is 4.79 Å². The SMILES string of the molecule is Cc1cc2cc(C#N)c(OCC(=O)c3ccc(F)cc3F)nc2cc1C. The summed E-state index contributed by atoms with van der Waals surface area (Å²) in [5.41, 5.74) is 2.62. The van der Waals surface area contributed by atoms with E-state index in [4.69, 9.17) is 4.74 Å². The quantitative estimate of drug-likeness (QED) is 0.658. The molecule has 1 aromatic heterocycles. The van der Waals surface area contributed by atoms with E-state index in [9.17, 15) is 18.8 Å². The number of fused-ring (bicyclic) bond motifs is 1. The van der Waals surface area contributed by atoms with Gasteiger partial charge in [-0.05, 0) is 55.3 Å². The Morgan fingerprint density at radius 3 is 2.58 bits per heavy atom. The zero-order chi connectivity index (χ0) is 18.8. The lowest BCUT2D eigenvalue weighted by Crippen LogP contribution is -2.14. The molecule has 0 saturated heterocycles. The van der Waals surface area contributed by atoms with E-state index >= 15 is 0 Å². The Hall–Kier alpha value is -3.33. The normalized spacial score (nSPS) is 10.6. The third kappa shape index (κ3) is 3.38. The minimum atomic E-state index is -0.961. The average Bonchev–Trinajstić information content (AvgIpc) is 2.60. The molecule has 0 aliphatic heterocycles. The highest BCUT2D eigenvalue weighted by Crippen LogP contribution is 2.24. The van der Waals surface area contributed by atoms with E-state index in [1.54, 1.807) is 6.07 Å². The maximum atomic E-state index is 13.7. The molecule has 0 aliphatic rings. The third-order valence-electron chi connectivity index (χ3n) is 4.09. The minimum absolute atomic E-state index is 0.000812. The second kappa shape index (κ2) is 6.89. The summed E-state index contributed by atoms with van der Waals surface area (Å²) in [6, 6.07) is 10.1. The smallest absolute Gasteiger partial charge is 0.232 e. The van der Waals surface area contributed by atoms with Gasteiger partial charge in [0, 0.05) is 11.5 Å². The van der Waals surface area contributed by atoms with E-state index in [-0.39, 0.29) is 17.0 Å². The van der Waals surface area contributed by atoms with Crippen molar-refractivity contribution in [2.45, 2.75) is 13.8 Å². The van der Waals surface area contributed by atoms with Crippen LogP contribution in [0.4, 0.5) is 8.78 Å². The molecule has 0 fully saturated rings. The topological polar surface area (TPSA) is 63.0 Å². The maximum Gasteiger partial charge on any atom is 0.232 e. The molecule has 130 valence electrons. The molecular formula is C20H14F2N2O2. The Morgan fingerprint density at radius 2 is 1.88 bits per heavy atom. The van der Waals surface area contributed by atoms with Gasteiger partial charge in [-0.15, -0.1) is 0 Å². The van der Waals surface area contributed by atoms with Crippen LogP contribution < -0.4 is 4.74 Å². The van der Waals surface area contributed by atoms with Crippen LogP contribution in [-0.2, 0) is 0 Å². The van der Waals surface area contributed by atoms with Crippen molar-refractivity contribution >= 4 is 16.7 Å². The van der Waals surface area contributed by atoms with Crippen molar-refractivity contribution in [1.29, 1.82) is 5.26 Å². The Morgan fingerprint density at radius 1 is 1.15 bits per heavy atom. The van der Waals surface area contributed by atoms with Crippen molar-refractivity contribution in [3.05, 3.63) is 70.3 Å². The summed E-state index contributed by atoms with van der Waals surface area (Å²) in [4.78, 5) is 16.4. The van der Waals surface area contributed by atoms with Gasteiger partial charge in [-0.25, -0.2) is 13.8 Å². The lowest BCUT2D eigenvalue weighted by molar-refractivity contribution is 0.0914. The summed E-state index contributed by atoms with van der Waals surface area (Å²) in [6.45, 7) is 3.39. The molecule has 0 unspecified atom stereocenters. The fourth-order valence-corrected chi connectivity index (χ4v) is 2.54. The zero-order valence-corrected chi connectivity index (χ0v) is 14.1. The summed E-state index contributed by atoms with van der Waals surface area (Å²) in [5.74, 6) is -2.40. The summed E-state index contributed by atoms with van der Waals surface area (Å²) in [6.07, 6.45) is 0. The number of pyridine rings is 1.